The number of methoxy groups -OCH3 is 3. The van der Waals surface area contributed by atoms with Gasteiger partial charge >= 0.3 is 0 Å². The highest BCUT2D eigenvalue weighted by Crippen LogP contribution is 2.34. The van der Waals surface area contributed by atoms with E-state index < -0.39 is 0 Å². The number of halogens is 1. The van der Waals surface area contributed by atoms with Crippen LogP contribution in [0.5, 0.6) is 17.2 Å². The molecule has 2 aromatic carbocycles. The van der Waals surface area contributed by atoms with Gasteiger partial charge in [0.1, 0.15) is 5.75 Å². The van der Waals surface area contributed by atoms with Crippen LogP contribution in [0.2, 0.25) is 0 Å². The van der Waals surface area contributed by atoms with Crippen LogP contribution in [0.25, 0.3) is 0 Å². The molecule has 0 amide bonds. The summed E-state index contributed by atoms with van der Waals surface area (Å²) in [7, 11) is 6.59. The molecule has 7 heteroatoms. The summed E-state index contributed by atoms with van der Waals surface area (Å²) in [4.78, 5) is 4.25. The van der Waals surface area contributed by atoms with Crippen LogP contribution in [0.1, 0.15) is 11.1 Å². The van der Waals surface area contributed by atoms with E-state index in [0.717, 1.165) is 11.3 Å². The standard InChI is InChI=1S/C19H25N3O3.HI/c1-20-19(21-12-14-8-6-5-7-9-14)22-13-15-10-17(24-3)18(25-4)11-16(15)23-2;/h5-11H,12-13H2,1-4H3,(H2,20,21,22);1H. The Hall–Kier alpha value is -2.16. The van der Waals surface area contributed by atoms with Crippen molar-refractivity contribution in [3.05, 3.63) is 53.6 Å². The Bertz CT molecular complexity index is 709. The highest BCUT2D eigenvalue weighted by Gasteiger charge is 2.12. The molecule has 2 rings (SSSR count). The van der Waals surface area contributed by atoms with E-state index in [4.69, 9.17) is 14.2 Å². The summed E-state index contributed by atoms with van der Waals surface area (Å²) in [5.74, 6) is 2.73. The summed E-state index contributed by atoms with van der Waals surface area (Å²) in [6.07, 6.45) is 0. The first-order valence-electron chi connectivity index (χ1n) is 7.99. The van der Waals surface area contributed by atoms with Gasteiger partial charge < -0.3 is 24.8 Å². The fourth-order valence-electron chi connectivity index (χ4n) is 2.41. The first-order valence-corrected chi connectivity index (χ1v) is 7.99. The highest BCUT2D eigenvalue weighted by molar-refractivity contribution is 14.0. The molecule has 0 saturated carbocycles. The van der Waals surface area contributed by atoms with E-state index in [9.17, 15) is 0 Å². The van der Waals surface area contributed by atoms with Crippen molar-refractivity contribution in [2.75, 3.05) is 28.4 Å². The van der Waals surface area contributed by atoms with Gasteiger partial charge in [0.05, 0.1) is 21.3 Å². The van der Waals surface area contributed by atoms with Gasteiger partial charge in [-0.05, 0) is 11.6 Å². The average molecular weight is 471 g/mol. The summed E-state index contributed by atoms with van der Waals surface area (Å²) in [6.45, 7) is 1.24. The maximum atomic E-state index is 5.45. The Labute approximate surface area is 172 Å². The van der Waals surface area contributed by atoms with Gasteiger partial charge in [0.25, 0.3) is 0 Å². The predicted octanol–water partition coefficient (Wildman–Crippen LogP) is 3.20. The van der Waals surface area contributed by atoms with Crippen LogP contribution in [-0.2, 0) is 13.1 Å². The maximum absolute atomic E-state index is 5.45. The molecule has 6 nitrogen and oxygen atoms in total. The zero-order valence-electron chi connectivity index (χ0n) is 15.5. The molecule has 0 aromatic heterocycles. The van der Waals surface area contributed by atoms with Gasteiger partial charge in [0.15, 0.2) is 17.5 Å². The molecule has 0 spiro atoms. The number of nitrogens with zero attached hydrogens (tertiary/aromatic N) is 1. The minimum Gasteiger partial charge on any atom is -0.496 e. The van der Waals surface area contributed by atoms with Crippen LogP contribution in [0, 0.1) is 0 Å². The quantitative estimate of drug-likeness (QED) is 0.369. The molecule has 0 unspecified atom stereocenters. The summed E-state index contributed by atoms with van der Waals surface area (Å²) < 4.78 is 16.1. The first kappa shape index (κ1) is 21.9. The van der Waals surface area contributed by atoms with E-state index in [2.05, 4.69) is 27.8 Å². The number of hydrogen-bond acceptors (Lipinski definition) is 4. The van der Waals surface area contributed by atoms with E-state index in [1.165, 1.54) is 5.56 Å². The number of guanidine groups is 1. The zero-order chi connectivity index (χ0) is 18.1. The predicted molar refractivity (Wildman–Crippen MR) is 115 cm³/mol. The van der Waals surface area contributed by atoms with Crippen LogP contribution in [0.15, 0.2) is 47.5 Å². The molecular formula is C19H26IN3O3. The fraction of sp³-hybridized carbons (Fsp3) is 0.316. The minimum atomic E-state index is 0. The average Bonchev–Trinajstić information content (AvgIpc) is 2.68. The van der Waals surface area contributed by atoms with E-state index in [0.29, 0.717) is 30.5 Å². The molecule has 0 saturated heterocycles. The second-order valence-corrected chi connectivity index (χ2v) is 5.28. The molecule has 2 N–H and O–H groups in total. The normalized spacial score (nSPS) is 10.5. The number of benzene rings is 2. The van der Waals surface area contributed by atoms with Crippen molar-refractivity contribution in [2.45, 2.75) is 13.1 Å². The van der Waals surface area contributed by atoms with E-state index in [1.54, 1.807) is 28.4 Å². The molecule has 0 atom stereocenters. The lowest BCUT2D eigenvalue weighted by atomic mass is 10.1. The summed E-state index contributed by atoms with van der Waals surface area (Å²) in [5.41, 5.74) is 2.14. The number of nitrogens with one attached hydrogen (secondary N) is 2. The molecule has 0 bridgehead atoms. The summed E-state index contributed by atoms with van der Waals surface area (Å²) in [6, 6.07) is 13.9. The molecule has 0 aliphatic carbocycles. The Balaban J connectivity index is 0.00000338. The van der Waals surface area contributed by atoms with E-state index in [1.807, 2.05) is 30.3 Å². The second kappa shape index (κ2) is 11.5. The van der Waals surface area contributed by atoms with Gasteiger partial charge in [0.2, 0.25) is 0 Å². The van der Waals surface area contributed by atoms with Gasteiger partial charge in [-0.1, -0.05) is 30.3 Å². The Morgan fingerprint density at radius 1 is 0.846 bits per heavy atom. The fourth-order valence-corrected chi connectivity index (χ4v) is 2.41. The molecule has 0 fully saturated rings. The van der Waals surface area contributed by atoms with Gasteiger partial charge in [0, 0.05) is 31.8 Å². The van der Waals surface area contributed by atoms with Crippen LogP contribution in [0.4, 0.5) is 0 Å². The van der Waals surface area contributed by atoms with Crippen molar-refractivity contribution < 1.29 is 14.2 Å². The molecule has 0 radical (unpaired) electrons. The van der Waals surface area contributed by atoms with Crippen molar-refractivity contribution in [3.63, 3.8) is 0 Å². The Kier molecular flexibility index (Phi) is 9.64. The Morgan fingerprint density at radius 2 is 1.42 bits per heavy atom. The number of ether oxygens (including phenoxy) is 3. The molecule has 142 valence electrons. The second-order valence-electron chi connectivity index (χ2n) is 5.28. The largest absolute Gasteiger partial charge is 0.496 e. The zero-order valence-corrected chi connectivity index (χ0v) is 17.9. The minimum absolute atomic E-state index is 0. The third-order valence-electron chi connectivity index (χ3n) is 3.76. The van der Waals surface area contributed by atoms with Crippen molar-refractivity contribution in [2.24, 2.45) is 4.99 Å². The summed E-state index contributed by atoms with van der Waals surface area (Å²) >= 11 is 0. The lowest BCUT2D eigenvalue weighted by Crippen LogP contribution is -2.36. The first-order chi connectivity index (χ1) is 12.2. The lowest BCUT2D eigenvalue weighted by molar-refractivity contribution is 0.347. The Morgan fingerprint density at radius 3 is 2.00 bits per heavy atom. The number of rotatable bonds is 7. The number of hydrogen-bond donors (Lipinski definition) is 2. The van der Waals surface area contributed by atoms with E-state index >= 15 is 0 Å². The third kappa shape index (κ3) is 5.98. The van der Waals surface area contributed by atoms with Crippen molar-refractivity contribution in [3.8, 4) is 17.2 Å². The lowest BCUT2D eigenvalue weighted by Gasteiger charge is -2.16. The molecule has 0 heterocycles. The highest BCUT2D eigenvalue weighted by atomic mass is 127. The smallest absolute Gasteiger partial charge is 0.191 e. The van der Waals surface area contributed by atoms with Gasteiger partial charge in [-0.25, -0.2) is 0 Å². The van der Waals surface area contributed by atoms with Crippen molar-refractivity contribution >= 4 is 29.9 Å². The van der Waals surface area contributed by atoms with Crippen LogP contribution in [0.3, 0.4) is 0 Å². The molecule has 0 aliphatic heterocycles. The SMILES string of the molecule is CN=C(NCc1ccccc1)NCc1cc(OC)c(OC)cc1OC.I. The van der Waals surface area contributed by atoms with Crippen LogP contribution < -0.4 is 24.8 Å². The number of aliphatic imine (C=N–C) groups is 1. The molecule has 0 aliphatic rings. The summed E-state index contributed by atoms with van der Waals surface area (Å²) in [5, 5.41) is 6.57. The monoisotopic (exact) mass is 471 g/mol. The van der Waals surface area contributed by atoms with E-state index in [-0.39, 0.29) is 24.0 Å². The topological polar surface area (TPSA) is 64.1 Å². The molecule has 26 heavy (non-hydrogen) atoms. The van der Waals surface area contributed by atoms with Crippen LogP contribution >= 0.6 is 24.0 Å². The maximum Gasteiger partial charge on any atom is 0.191 e. The van der Waals surface area contributed by atoms with Gasteiger partial charge in [-0.2, -0.15) is 0 Å². The van der Waals surface area contributed by atoms with Gasteiger partial charge in [-0.15, -0.1) is 24.0 Å². The third-order valence-corrected chi connectivity index (χ3v) is 3.76. The van der Waals surface area contributed by atoms with Crippen LogP contribution in [-0.4, -0.2) is 34.3 Å². The van der Waals surface area contributed by atoms with Crippen molar-refractivity contribution in [1.82, 2.24) is 10.6 Å². The van der Waals surface area contributed by atoms with Gasteiger partial charge in [-0.3, -0.25) is 4.99 Å². The molecular weight excluding hydrogens is 445 g/mol. The molecule has 2 aromatic rings. The van der Waals surface area contributed by atoms with Crippen molar-refractivity contribution in [1.29, 1.82) is 0 Å².